The van der Waals surface area contributed by atoms with Crippen molar-refractivity contribution in [2.24, 2.45) is 0 Å². The lowest BCUT2D eigenvalue weighted by Gasteiger charge is -2.04. The minimum Gasteiger partial charge on any atom is -0.313 e. The van der Waals surface area contributed by atoms with E-state index in [0.29, 0.717) is 5.56 Å². The highest BCUT2D eigenvalue weighted by Crippen LogP contribution is 2.21. The maximum atomic E-state index is 11.6. The van der Waals surface area contributed by atoms with Gasteiger partial charge in [-0.1, -0.05) is 12.1 Å². The molecule has 15 heavy (non-hydrogen) atoms. The number of carbonyl (C=O) groups is 1. The third-order valence-corrected chi connectivity index (χ3v) is 2.06. The minimum absolute atomic E-state index is 0.103. The predicted octanol–water partition coefficient (Wildman–Crippen LogP) is 1.31. The zero-order chi connectivity index (χ0) is 11.4. The number of nitrogens with one attached hydrogen (secondary N) is 1. The summed E-state index contributed by atoms with van der Waals surface area (Å²) in [5.41, 5.74) is 0.691. The van der Waals surface area contributed by atoms with Gasteiger partial charge in [0.25, 0.3) is 5.69 Å². The van der Waals surface area contributed by atoms with E-state index in [1.54, 1.807) is 26.1 Å². The summed E-state index contributed by atoms with van der Waals surface area (Å²) in [4.78, 5) is 21.8. The number of nitrogens with zero attached hydrogens (tertiary/aromatic N) is 1. The van der Waals surface area contributed by atoms with Gasteiger partial charge in [0.2, 0.25) is 0 Å². The Morgan fingerprint density at radius 3 is 2.73 bits per heavy atom. The van der Waals surface area contributed by atoms with Crippen LogP contribution in [0.3, 0.4) is 0 Å². The Kier molecular flexibility index (Phi) is 3.51. The van der Waals surface area contributed by atoms with Crippen LogP contribution >= 0.6 is 0 Å². The Hall–Kier alpha value is -1.75. The monoisotopic (exact) mass is 208 g/mol. The second-order valence-corrected chi connectivity index (χ2v) is 3.18. The molecule has 0 atom stereocenters. The molecule has 80 valence electrons. The van der Waals surface area contributed by atoms with Crippen molar-refractivity contribution in [1.29, 1.82) is 0 Å². The van der Waals surface area contributed by atoms with Crippen LogP contribution in [0.25, 0.3) is 0 Å². The van der Waals surface area contributed by atoms with Gasteiger partial charge in [-0.15, -0.1) is 0 Å². The first kappa shape index (κ1) is 11.3. The Bertz CT molecular complexity index is 402. The average Bonchev–Trinajstić information content (AvgIpc) is 2.17. The van der Waals surface area contributed by atoms with Gasteiger partial charge in [-0.3, -0.25) is 14.9 Å². The molecule has 0 amide bonds. The Labute approximate surface area is 87.3 Å². The molecule has 0 unspecified atom stereocenters. The highest BCUT2D eigenvalue weighted by molar-refractivity contribution is 6.02. The molecule has 5 nitrogen and oxygen atoms in total. The quantitative estimate of drug-likeness (QED) is 0.460. The van der Waals surface area contributed by atoms with Crippen molar-refractivity contribution in [2.75, 3.05) is 13.6 Å². The summed E-state index contributed by atoms with van der Waals surface area (Å²) < 4.78 is 0. The first-order valence-corrected chi connectivity index (χ1v) is 4.49. The molecular weight excluding hydrogens is 196 g/mol. The number of ketones is 1. The van der Waals surface area contributed by atoms with E-state index in [-0.39, 0.29) is 23.6 Å². The number of hydrogen-bond donors (Lipinski definition) is 1. The summed E-state index contributed by atoms with van der Waals surface area (Å²) in [6.07, 6.45) is 0. The number of nitro benzene ring substituents is 1. The van der Waals surface area contributed by atoms with E-state index in [2.05, 4.69) is 5.32 Å². The van der Waals surface area contributed by atoms with Crippen molar-refractivity contribution in [3.05, 3.63) is 39.4 Å². The molecule has 0 saturated heterocycles. The van der Waals surface area contributed by atoms with Crippen LogP contribution < -0.4 is 5.32 Å². The van der Waals surface area contributed by atoms with E-state index in [9.17, 15) is 14.9 Å². The maximum absolute atomic E-state index is 11.6. The third-order valence-electron chi connectivity index (χ3n) is 2.06. The van der Waals surface area contributed by atoms with Crippen molar-refractivity contribution >= 4 is 11.5 Å². The molecular formula is C10H12N2O3. The van der Waals surface area contributed by atoms with Gasteiger partial charge in [0.1, 0.15) is 0 Å². The molecule has 0 fully saturated rings. The fourth-order valence-corrected chi connectivity index (χ4v) is 1.42. The lowest BCUT2D eigenvalue weighted by Crippen LogP contribution is -2.20. The van der Waals surface area contributed by atoms with Crippen LogP contribution in [-0.2, 0) is 0 Å². The number of aryl methyl sites for hydroxylation is 1. The lowest BCUT2D eigenvalue weighted by atomic mass is 10.0. The van der Waals surface area contributed by atoms with E-state index in [0.717, 1.165) is 0 Å². The van der Waals surface area contributed by atoms with Crippen molar-refractivity contribution in [2.45, 2.75) is 6.92 Å². The Balaban J connectivity index is 3.24. The second-order valence-electron chi connectivity index (χ2n) is 3.18. The Morgan fingerprint density at radius 2 is 2.20 bits per heavy atom. The Morgan fingerprint density at radius 1 is 1.53 bits per heavy atom. The fraction of sp³-hybridized carbons (Fsp3) is 0.300. The van der Waals surface area contributed by atoms with Crippen molar-refractivity contribution in [1.82, 2.24) is 5.32 Å². The summed E-state index contributed by atoms with van der Waals surface area (Å²) in [5, 5.41) is 13.4. The molecule has 1 aromatic rings. The largest absolute Gasteiger partial charge is 0.313 e. The zero-order valence-electron chi connectivity index (χ0n) is 8.61. The fourth-order valence-electron chi connectivity index (χ4n) is 1.42. The molecule has 0 bridgehead atoms. The molecule has 0 spiro atoms. The molecule has 1 aromatic carbocycles. The minimum atomic E-state index is -0.532. The van der Waals surface area contributed by atoms with Gasteiger partial charge in [-0.2, -0.15) is 0 Å². The van der Waals surface area contributed by atoms with Gasteiger partial charge >= 0.3 is 0 Å². The average molecular weight is 208 g/mol. The topological polar surface area (TPSA) is 72.2 Å². The summed E-state index contributed by atoms with van der Waals surface area (Å²) >= 11 is 0. The lowest BCUT2D eigenvalue weighted by molar-refractivity contribution is -0.385. The molecule has 1 N–H and O–H groups in total. The predicted molar refractivity (Wildman–Crippen MR) is 56.1 cm³/mol. The van der Waals surface area contributed by atoms with Gasteiger partial charge in [-0.05, 0) is 19.5 Å². The van der Waals surface area contributed by atoms with E-state index < -0.39 is 4.92 Å². The summed E-state index contributed by atoms with van der Waals surface area (Å²) in [7, 11) is 1.63. The summed E-state index contributed by atoms with van der Waals surface area (Å²) in [6.45, 7) is 1.79. The van der Waals surface area contributed by atoms with E-state index in [1.807, 2.05) is 0 Å². The maximum Gasteiger partial charge on any atom is 0.280 e. The van der Waals surface area contributed by atoms with Crippen molar-refractivity contribution in [3.63, 3.8) is 0 Å². The van der Waals surface area contributed by atoms with Crippen molar-refractivity contribution < 1.29 is 9.72 Å². The van der Waals surface area contributed by atoms with Crippen LogP contribution in [0.1, 0.15) is 15.9 Å². The van der Waals surface area contributed by atoms with Crippen LogP contribution in [0.4, 0.5) is 5.69 Å². The molecule has 0 radical (unpaired) electrons. The molecule has 0 aliphatic rings. The summed E-state index contributed by atoms with van der Waals surface area (Å²) in [6, 6.07) is 4.61. The van der Waals surface area contributed by atoms with Gasteiger partial charge < -0.3 is 5.32 Å². The molecule has 0 heterocycles. The smallest absolute Gasteiger partial charge is 0.280 e. The number of benzene rings is 1. The number of hydrogen-bond acceptors (Lipinski definition) is 4. The first-order valence-electron chi connectivity index (χ1n) is 4.49. The SMILES string of the molecule is CNCC(=O)c1c(C)cccc1[N+](=O)[O-]. The van der Waals surface area contributed by atoms with Gasteiger partial charge in [-0.25, -0.2) is 0 Å². The van der Waals surface area contributed by atoms with E-state index >= 15 is 0 Å². The normalized spacial score (nSPS) is 10.0. The van der Waals surface area contributed by atoms with Gasteiger partial charge in [0, 0.05) is 6.07 Å². The molecule has 0 aliphatic heterocycles. The molecule has 5 heteroatoms. The summed E-state index contributed by atoms with van der Waals surface area (Å²) in [5.74, 6) is -0.262. The van der Waals surface area contributed by atoms with Gasteiger partial charge in [0.15, 0.2) is 5.78 Å². The number of rotatable bonds is 4. The molecule has 1 rings (SSSR count). The third kappa shape index (κ3) is 2.38. The highest BCUT2D eigenvalue weighted by Gasteiger charge is 2.20. The number of likely N-dealkylation sites (N-methyl/N-ethyl adjacent to an activating group) is 1. The molecule has 0 saturated carbocycles. The van der Waals surface area contributed by atoms with Crippen LogP contribution in [0, 0.1) is 17.0 Å². The molecule has 0 aromatic heterocycles. The van der Waals surface area contributed by atoms with Crippen molar-refractivity contribution in [3.8, 4) is 0 Å². The standard InChI is InChI=1S/C10H12N2O3/c1-7-4-3-5-8(12(14)15)10(7)9(13)6-11-2/h3-5,11H,6H2,1-2H3. The van der Waals surface area contributed by atoms with Crippen LogP contribution in [0.2, 0.25) is 0 Å². The van der Waals surface area contributed by atoms with Crippen LogP contribution in [0.15, 0.2) is 18.2 Å². The number of nitro groups is 1. The highest BCUT2D eigenvalue weighted by atomic mass is 16.6. The van der Waals surface area contributed by atoms with Crippen LogP contribution in [-0.4, -0.2) is 24.3 Å². The van der Waals surface area contributed by atoms with Crippen LogP contribution in [0.5, 0.6) is 0 Å². The second kappa shape index (κ2) is 4.65. The first-order chi connectivity index (χ1) is 7.07. The van der Waals surface area contributed by atoms with E-state index in [1.165, 1.54) is 6.07 Å². The number of carbonyl (C=O) groups excluding carboxylic acids is 1. The zero-order valence-corrected chi connectivity index (χ0v) is 8.61. The van der Waals surface area contributed by atoms with Gasteiger partial charge in [0.05, 0.1) is 17.0 Å². The molecule has 0 aliphatic carbocycles. The van der Waals surface area contributed by atoms with E-state index in [4.69, 9.17) is 0 Å². The number of Topliss-reactive ketones (excluding diaryl/α,β-unsaturated/α-hetero) is 1.